The molecule has 0 aliphatic carbocycles. The van der Waals surface area contributed by atoms with E-state index in [2.05, 4.69) is 50.3 Å². The van der Waals surface area contributed by atoms with Gasteiger partial charge in [-0.2, -0.15) is 0 Å². The second-order valence-corrected chi connectivity index (χ2v) is 15.0. The highest BCUT2D eigenvalue weighted by Gasteiger charge is 2.24. The lowest BCUT2D eigenvalue weighted by Gasteiger charge is -2.18. The van der Waals surface area contributed by atoms with Crippen molar-refractivity contribution in [1.82, 2.24) is 0 Å². The molecule has 0 saturated heterocycles. The lowest BCUT2D eigenvalue weighted by molar-refractivity contribution is -0.394. The summed E-state index contributed by atoms with van der Waals surface area (Å²) in [6.07, 6.45) is 39.9. The predicted molar refractivity (Wildman–Crippen MR) is 234 cm³/mol. The summed E-state index contributed by atoms with van der Waals surface area (Å²) in [6, 6.07) is 2.98. The van der Waals surface area contributed by atoms with Crippen molar-refractivity contribution >= 4 is 29.3 Å². The van der Waals surface area contributed by atoms with Crippen LogP contribution in [0.5, 0.6) is 0 Å². The van der Waals surface area contributed by atoms with Crippen molar-refractivity contribution in [2.45, 2.75) is 180 Å². The molecule has 0 aliphatic rings. The van der Waals surface area contributed by atoms with Crippen LogP contribution in [0.4, 0.5) is 11.4 Å². The highest BCUT2D eigenvalue weighted by molar-refractivity contribution is 5.75. The summed E-state index contributed by atoms with van der Waals surface area (Å²) in [7, 11) is 0. The molecule has 12 nitrogen and oxygen atoms in total. The molecule has 0 saturated carbocycles. The number of benzene rings is 1. The maximum atomic E-state index is 12.7. The highest BCUT2D eigenvalue weighted by atomic mass is 16.6. The number of ether oxygens (including phenoxy) is 3. The Labute approximate surface area is 353 Å². The summed E-state index contributed by atoms with van der Waals surface area (Å²) in [5.74, 6) is -1.86. The summed E-state index contributed by atoms with van der Waals surface area (Å²) in [6.45, 7) is 3.69. The molecule has 0 amide bonds. The molecule has 0 aliphatic heterocycles. The van der Waals surface area contributed by atoms with E-state index in [9.17, 15) is 34.6 Å². The minimum atomic E-state index is -1.08. The molecule has 1 rings (SSSR count). The average molecular weight is 825 g/mol. The zero-order chi connectivity index (χ0) is 43.2. The average Bonchev–Trinajstić information content (AvgIpc) is 3.21. The first-order valence-electron chi connectivity index (χ1n) is 22.2. The molecule has 0 fully saturated rings. The fourth-order valence-corrected chi connectivity index (χ4v) is 6.21. The molecule has 1 aromatic rings. The van der Waals surface area contributed by atoms with E-state index in [0.717, 1.165) is 63.1 Å². The SMILES string of the molecule is CCCCC/C=C\C/C=C\C/C=C\C/C=C\CCCC(=O)O[C@H](COC(=O)CCCCCCCCCCCCCCC)COC(=O)Cc1ccc([N+](=O)[O-])cc1[N+](=O)[O-]. The van der Waals surface area contributed by atoms with E-state index in [1.165, 1.54) is 77.0 Å². The number of carbonyl (C=O) groups is 3. The highest BCUT2D eigenvalue weighted by Crippen LogP contribution is 2.25. The molecule has 0 aromatic heterocycles. The molecule has 1 aromatic carbocycles. The number of nitro benzene ring substituents is 2. The van der Waals surface area contributed by atoms with Gasteiger partial charge in [-0.05, 0) is 57.4 Å². The van der Waals surface area contributed by atoms with Crippen LogP contribution in [0.1, 0.15) is 174 Å². The third-order valence-corrected chi connectivity index (χ3v) is 9.66. The molecule has 0 radical (unpaired) electrons. The van der Waals surface area contributed by atoms with E-state index >= 15 is 0 Å². The van der Waals surface area contributed by atoms with Crippen molar-refractivity contribution in [1.29, 1.82) is 0 Å². The van der Waals surface area contributed by atoms with Crippen molar-refractivity contribution in [3.63, 3.8) is 0 Å². The monoisotopic (exact) mass is 825 g/mol. The quantitative estimate of drug-likeness (QED) is 0.0157. The summed E-state index contributed by atoms with van der Waals surface area (Å²) in [5, 5.41) is 22.6. The Bertz CT molecular complexity index is 1450. The molecule has 59 heavy (non-hydrogen) atoms. The number of unbranched alkanes of at least 4 members (excludes halogenated alkanes) is 16. The number of carbonyl (C=O) groups excluding carboxylic acids is 3. The van der Waals surface area contributed by atoms with Crippen molar-refractivity contribution in [2.24, 2.45) is 0 Å². The van der Waals surface area contributed by atoms with Crippen LogP contribution < -0.4 is 0 Å². The Hall–Kier alpha value is -4.61. The summed E-state index contributed by atoms with van der Waals surface area (Å²) >= 11 is 0. The maximum absolute atomic E-state index is 12.7. The molecular formula is C47H72N2O10. The number of hydrogen-bond donors (Lipinski definition) is 0. The number of rotatable bonds is 37. The first kappa shape index (κ1) is 52.4. The van der Waals surface area contributed by atoms with Gasteiger partial charge in [-0.1, -0.05) is 152 Å². The Morgan fingerprint density at radius 3 is 1.54 bits per heavy atom. The van der Waals surface area contributed by atoms with E-state index in [4.69, 9.17) is 14.2 Å². The standard InChI is InChI=1S/C47H72N2O10/c1-3-5-7-9-11-13-15-17-18-19-20-22-24-26-28-30-32-34-46(51)59-43(40-58-47(52)37-41-35-36-42(48(53)54)38-44(41)49(55)56)39-57-45(50)33-31-29-27-25-23-21-16-14-12-10-8-6-4-2/h11,13,17-18,20,22,26,28,35-36,38,43H,3-10,12,14-16,19,21,23-25,27,29-34,37,39-40H2,1-2H3/b13-11-,18-17-,22-20-,28-26-/t43-/m1/s1. The van der Waals surface area contributed by atoms with Gasteiger partial charge in [0.1, 0.15) is 13.2 Å². The molecule has 12 heteroatoms. The van der Waals surface area contributed by atoms with Crippen LogP contribution >= 0.6 is 0 Å². The number of nitro groups is 2. The number of non-ortho nitro benzene ring substituents is 1. The van der Waals surface area contributed by atoms with Crippen molar-refractivity contribution in [3.8, 4) is 0 Å². The smallest absolute Gasteiger partial charge is 0.310 e. The van der Waals surface area contributed by atoms with Crippen LogP contribution in [0.25, 0.3) is 0 Å². The van der Waals surface area contributed by atoms with Gasteiger partial charge in [-0.15, -0.1) is 0 Å². The maximum Gasteiger partial charge on any atom is 0.310 e. The van der Waals surface area contributed by atoms with Gasteiger partial charge in [0.2, 0.25) is 0 Å². The Kier molecular flexibility index (Phi) is 32.4. The fourth-order valence-electron chi connectivity index (χ4n) is 6.21. The summed E-state index contributed by atoms with van der Waals surface area (Å²) in [4.78, 5) is 59.0. The lowest BCUT2D eigenvalue weighted by Crippen LogP contribution is -2.31. The molecule has 0 N–H and O–H groups in total. The second-order valence-electron chi connectivity index (χ2n) is 15.0. The molecule has 0 unspecified atom stereocenters. The second kappa shape index (κ2) is 36.5. The fraction of sp³-hybridized carbons (Fsp3) is 0.638. The number of nitrogens with zero attached hydrogens (tertiary/aromatic N) is 2. The van der Waals surface area contributed by atoms with E-state index in [1.54, 1.807) is 0 Å². The topological polar surface area (TPSA) is 165 Å². The van der Waals surface area contributed by atoms with E-state index in [1.807, 2.05) is 12.2 Å². The normalized spacial score (nSPS) is 12.2. The van der Waals surface area contributed by atoms with E-state index in [0.29, 0.717) is 19.3 Å². The molecule has 0 heterocycles. The van der Waals surface area contributed by atoms with Crippen molar-refractivity contribution in [3.05, 3.63) is 92.6 Å². The zero-order valence-corrected chi connectivity index (χ0v) is 36.0. The van der Waals surface area contributed by atoms with Gasteiger partial charge in [0.05, 0.1) is 22.3 Å². The molecular weight excluding hydrogens is 753 g/mol. The minimum Gasteiger partial charge on any atom is -0.462 e. The molecule has 330 valence electrons. The van der Waals surface area contributed by atoms with E-state index < -0.39 is 58.3 Å². The van der Waals surface area contributed by atoms with Crippen molar-refractivity contribution < 1.29 is 38.4 Å². The van der Waals surface area contributed by atoms with E-state index in [-0.39, 0.29) is 25.0 Å². The van der Waals surface area contributed by atoms with Gasteiger partial charge in [-0.3, -0.25) is 34.6 Å². The van der Waals surface area contributed by atoms with Gasteiger partial charge < -0.3 is 14.2 Å². The van der Waals surface area contributed by atoms with Crippen LogP contribution in [0.15, 0.2) is 66.8 Å². The lowest BCUT2D eigenvalue weighted by atomic mass is 10.0. The van der Waals surface area contributed by atoms with Gasteiger partial charge in [0, 0.05) is 24.5 Å². The van der Waals surface area contributed by atoms with Crippen LogP contribution in [-0.2, 0) is 35.0 Å². The Morgan fingerprint density at radius 1 is 0.559 bits per heavy atom. The molecule has 0 spiro atoms. The van der Waals surface area contributed by atoms with Crippen LogP contribution in [-0.4, -0.2) is 47.1 Å². The van der Waals surface area contributed by atoms with Crippen LogP contribution in [0.3, 0.4) is 0 Å². The van der Waals surface area contributed by atoms with Gasteiger partial charge in [-0.25, -0.2) is 0 Å². The van der Waals surface area contributed by atoms with Crippen LogP contribution in [0, 0.1) is 20.2 Å². The van der Waals surface area contributed by atoms with Gasteiger partial charge >= 0.3 is 17.9 Å². The van der Waals surface area contributed by atoms with Crippen molar-refractivity contribution in [2.75, 3.05) is 13.2 Å². The number of esters is 3. The first-order chi connectivity index (χ1) is 28.7. The first-order valence-corrected chi connectivity index (χ1v) is 22.2. The summed E-state index contributed by atoms with van der Waals surface area (Å²) < 4.78 is 16.2. The minimum absolute atomic E-state index is 0.0692. The largest absolute Gasteiger partial charge is 0.462 e. The Balaban J connectivity index is 2.52. The van der Waals surface area contributed by atoms with Gasteiger partial charge in [0.25, 0.3) is 11.4 Å². The molecule has 0 bridgehead atoms. The third kappa shape index (κ3) is 30.1. The zero-order valence-electron chi connectivity index (χ0n) is 36.0. The van der Waals surface area contributed by atoms with Gasteiger partial charge in [0.15, 0.2) is 6.10 Å². The predicted octanol–water partition coefficient (Wildman–Crippen LogP) is 12.7. The molecule has 1 atom stereocenters. The number of allylic oxidation sites excluding steroid dienone is 8. The third-order valence-electron chi connectivity index (χ3n) is 9.66. The Morgan fingerprint density at radius 2 is 1.02 bits per heavy atom. The van der Waals surface area contributed by atoms with Crippen LogP contribution in [0.2, 0.25) is 0 Å². The summed E-state index contributed by atoms with van der Waals surface area (Å²) in [5.41, 5.74) is -1.14. The number of hydrogen-bond acceptors (Lipinski definition) is 10.